The Hall–Kier alpha value is -1.88. The second-order valence-corrected chi connectivity index (χ2v) is 9.25. The molecular weight excluding hydrogens is 570 g/mol. The average molecular weight is 591 g/mol. The summed E-state index contributed by atoms with van der Waals surface area (Å²) in [6.45, 7) is 3.85. The second kappa shape index (κ2) is 10.4. The number of carbonyl (C=O) groups excluding carboxylic acids is 2. The van der Waals surface area contributed by atoms with Crippen molar-refractivity contribution in [1.29, 1.82) is 0 Å². The number of hydrogen-bond acceptors (Lipinski definition) is 6. The molecule has 1 atom stereocenters. The molecule has 0 aromatic heterocycles. The lowest BCUT2D eigenvalue weighted by Crippen LogP contribution is -2.39. The smallest absolute Gasteiger partial charge is 0.418 e. The molecule has 0 fully saturated rings. The van der Waals surface area contributed by atoms with E-state index in [1.54, 1.807) is 37.3 Å². The van der Waals surface area contributed by atoms with Crippen molar-refractivity contribution < 1.29 is 23.9 Å². The van der Waals surface area contributed by atoms with E-state index in [1.807, 2.05) is 13.0 Å². The summed E-state index contributed by atoms with van der Waals surface area (Å²) in [4.78, 5) is 31.6. The number of ether oxygens (including phenoxy) is 2. The monoisotopic (exact) mass is 590 g/mol. The molecule has 170 valence electrons. The van der Waals surface area contributed by atoms with Crippen molar-refractivity contribution in [2.45, 2.75) is 25.9 Å². The number of carbonyl (C=O) groups is 2. The molecule has 1 aliphatic rings. The molecule has 0 bridgehead atoms. The van der Waals surface area contributed by atoms with Gasteiger partial charge in [0.05, 0.1) is 18.4 Å². The fourth-order valence-corrected chi connectivity index (χ4v) is 4.48. The molecule has 10 heteroatoms. The van der Waals surface area contributed by atoms with Crippen LogP contribution in [0.25, 0.3) is 0 Å². The molecular formula is C22H21Cl2IN2O5. The predicted molar refractivity (Wildman–Crippen MR) is 130 cm³/mol. The van der Waals surface area contributed by atoms with E-state index >= 15 is 0 Å². The van der Waals surface area contributed by atoms with Gasteiger partial charge in [-0.1, -0.05) is 34.4 Å². The number of imide groups is 1. The lowest BCUT2D eigenvalue weighted by atomic mass is 9.89. The first-order valence-electron chi connectivity index (χ1n) is 9.67. The van der Waals surface area contributed by atoms with Gasteiger partial charge in [0.15, 0.2) is 5.60 Å². The van der Waals surface area contributed by atoms with Crippen molar-refractivity contribution in [3.8, 4) is 0 Å². The first kappa shape index (κ1) is 24.8. The molecule has 0 radical (unpaired) electrons. The highest BCUT2D eigenvalue weighted by molar-refractivity contribution is 14.1. The lowest BCUT2D eigenvalue weighted by Gasteiger charge is -2.22. The van der Waals surface area contributed by atoms with Crippen LogP contribution in [0.3, 0.4) is 0 Å². The summed E-state index contributed by atoms with van der Waals surface area (Å²) in [7, 11) is 1.21. The quantitative estimate of drug-likeness (QED) is 0.312. The zero-order valence-corrected chi connectivity index (χ0v) is 21.3. The molecule has 0 N–H and O–H groups in total. The van der Waals surface area contributed by atoms with E-state index in [0.717, 1.165) is 21.7 Å². The molecule has 0 spiro atoms. The van der Waals surface area contributed by atoms with Gasteiger partial charge in [-0.15, -0.1) is 0 Å². The van der Waals surface area contributed by atoms with Gasteiger partial charge in [0.25, 0.3) is 5.91 Å². The number of halogens is 3. The normalized spacial score (nSPS) is 17.5. The fraction of sp³-hybridized carbons (Fsp3) is 0.318. The Bertz CT molecular complexity index is 1060. The fourth-order valence-electron chi connectivity index (χ4n) is 3.21. The Morgan fingerprint density at radius 2 is 1.91 bits per heavy atom. The van der Waals surface area contributed by atoms with Gasteiger partial charge in [0.2, 0.25) is 0 Å². The zero-order valence-electron chi connectivity index (χ0n) is 17.7. The number of methoxy groups -OCH3 is 1. The van der Waals surface area contributed by atoms with Crippen molar-refractivity contribution in [1.82, 2.24) is 4.90 Å². The maximum absolute atomic E-state index is 12.9. The third kappa shape index (κ3) is 5.36. The Balaban J connectivity index is 1.82. The van der Waals surface area contributed by atoms with Crippen LogP contribution in [0.15, 0.2) is 41.6 Å². The van der Waals surface area contributed by atoms with E-state index in [-0.39, 0.29) is 6.73 Å². The number of rotatable bonds is 6. The summed E-state index contributed by atoms with van der Waals surface area (Å²) in [5.41, 5.74) is 1.98. The van der Waals surface area contributed by atoms with Crippen molar-refractivity contribution in [3.63, 3.8) is 0 Å². The molecule has 1 heterocycles. The maximum Gasteiger partial charge on any atom is 0.418 e. The summed E-state index contributed by atoms with van der Waals surface area (Å²) in [6, 6.07) is 10.5. The van der Waals surface area contributed by atoms with Crippen LogP contribution < -0.4 is 0 Å². The topological polar surface area (TPSA) is 77.4 Å². The third-order valence-corrected chi connectivity index (χ3v) is 6.26. The number of amides is 2. The van der Waals surface area contributed by atoms with E-state index in [4.69, 9.17) is 37.5 Å². The predicted octanol–water partition coefficient (Wildman–Crippen LogP) is 5.84. The SMILES string of the molecule is CCOCN(C(=O)OC)C(=O)c1ccc(C2=NOC(C)(c3cc(Cl)cc(Cl)c3)C2)cc1I. The minimum Gasteiger partial charge on any atom is -0.452 e. The van der Waals surface area contributed by atoms with Crippen molar-refractivity contribution in [3.05, 3.63) is 66.7 Å². The van der Waals surface area contributed by atoms with Gasteiger partial charge in [-0.25, -0.2) is 9.69 Å². The Kier molecular flexibility index (Phi) is 8.02. The van der Waals surface area contributed by atoms with Gasteiger partial charge >= 0.3 is 6.09 Å². The van der Waals surface area contributed by atoms with Crippen LogP contribution in [0.2, 0.25) is 10.0 Å². The van der Waals surface area contributed by atoms with Gasteiger partial charge in [0.1, 0.15) is 6.73 Å². The van der Waals surface area contributed by atoms with Crippen LogP contribution in [0.4, 0.5) is 4.79 Å². The van der Waals surface area contributed by atoms with E-state index < -0.39 is 17.6 Å². The minimum atomic E-state index is -0.784. The van der Waals surface area contributed by atoms with Crippen LogP contribution in [0.5, 0.6) is 0 Å². The molecule has 0 saturated heterocycles. The van der Waals surface area contributed by atoms with Crippen LogP contribution >= 0.6 is 45.8 Å². The summed E-state index contributed by atoms with van der Waals surface area (Å²) in [6.07, 6.45) is -0.293. The van der Waals surface area contributed by atoms with Crippen LogP contribution in [-0.2, 0) is 19.9 Å². The van der Waals surface area contributed by atoms with Crippen molar-refractivity contribution in [2.24, 2.45) is 5.16 Å². The highest BCUT2D eigenvalue weighted by Gasteiger charge is 2.37. The summed E-state index contributed by atoms with van der Waals surface area (Å²) in [5.74, 6) is -0.510. The van der Waals surface area contributed by atoms with E-state index in [2.05, 4.69) is 27.7 Å². The number of nitrogens with zero attached hydrogens (tertiary/aromatic N) is 2. The Labute approximate surface area is 209 Å². The van der Waals surface area contributed by atoms with Crippen LogP contribution in [0, 0.1) is 3.57 Å². The van der Waals surface area contributed by atoms with E-state index in [9.17, 15) is 9.59 Å². The maximum atomic E-state index is 12.9. The average Bonchev–Trinajstić information content (AvgIpc) is 3.16. The van der Waals surface area contributed by atoms with E-state index in [0.29, 0.717) is 32.2 Å². The molecule has 0 aliphatic carbocycles. The number of benzene rings is 2. The Morgan fingerprint density at radius 1 is 1.22 bits per heavy atom. The summed E-state index contributed by atoms with van der Waals surface area (Å²) in [5, 5.41) is 5.30. The Morgan fingerprint density at radius 3 is 2.50 bits per heavy atom. The van der Waals surface area contributed by atoms with Crippen LogP contribution in [-0.4, -0.2) is 43.1 Å². The zero-order chi connectivity index (χ0) is 23.5. The standard InChI is InChI=1S/C22H21Cl2IN2O5/c1-4-31-12-27(21(29)30-3)20(28)17-6-5-13(7-18(17)25)19-11-22(2,32-26-19)14-8-15(23)10-16(24)9-14/h5-10H,4,11-12H2,1-3H3. The van der Waals surface area contributed by atoms with Gasteiger partial charge in [-0.05, 0) is 66.8 Å². The minimum absolute atomic E-state index is 0.194. The number of oxime groups is 1. The summed E-state index contributed by atoms with van der Waals surface area (Å²) < 4.78 is 10.6. The number of hydrogen-bond donors (Lipinski definition) is 0. The molecule has 32 heavy (non-hydrogen) atoms. The lowest BCUT2D eigenvalue weighted by molar-refractivity contribution is -0.00738. The highest BCUT2D eigenvalue weighted by Crippen LogP contribution is 2.38. The molecule has 1 unspecified atom stereocenters. The first-order chi connectivity index (χ1) is 15.2. The molecule has 0 saturated carbocycles. The van der Waals surface area contributed by atoms with Crippen LogP contribution in [0.1, 0.15) is 41.8 Å². The van der Waals surface area contributed by atoms with Gasteiger partial charge < -0.3 is 14.3 Å². The molecule has 3 rings (SSSR count). The molecule has 2 amide bonds. The van der Waals surface area contributed by atoms with Crippen molar-refractivity contribution in [2.75, 3.05) is 20.4 Å². The second-order valence-electron chi connectivity index (χ2n) is 7.21. The highest BCUT2D eigenvalue weighted by atomic mass is 127. The first-order valence-corrected chi connectivity index (χ1v) is 11.5. The summed E-state index contributed by atoms with van der Waals surface area (Å²) >= 11 is 14.3. The van der Waals surface area contributed by atoms with Gasteiger partial charge in [-0.2, -0.15) is 0 Å². The largest absolute Gasteiger partial charge is 0.452 e. The molecule has 1 aliphatic heterocycles. The van der Waals surface area contributed by atoms with E-state index in [1.165, 1.54) is 7.11 Å². The van der Waals surface area contributed by atoms with Gasteiger partial charge in [-0.3, -0.25) is 4.79 Å². The molecule has 2 aromatic carbocycles. The molecule has 7 nitrogen and oxygen atoms in total. The third-order valence-electron chi connectivity index (χ3n) is 4.93. The van der Waals surface area contributed by atoms with Gasteiger partial charge in [0, 0.05) is 37.8 Å². The molecule has 2 aromatic rings. The van der Waals surface area contributed by atoms with Crippen molar-refractivity contribution >= 4 is 63.5 Å².